The average Bonchev–Trinajstić information content (AvgIpc) is 3.03. The maximum atomic E-state index is 12.5. The molecule has 2 aromatic carbocycles. The molecular weight excluding hydrogens is 330 g/mol. The number of fused-ring (bicyclic) bond motifs is 1. The van der Waals surface area contributed by atoms with Crippen LogP contribution in [0.25, 0.3) is 11.0 Å². The first-order valence-corrected chi connectivity index (χ1v) is 8.50. The van der Waals surface area contributed by atoms with E-state index in [-0.39, 0.29) is 18.4 Å². The van der Waals surface area contributed by atoms with Gasteiger partial charge < -0.3 is 19.2 Å². The van der Waals surface area contributed by atoms with Crippen LogP contribution in [0.15, 0.2) is 47.1 Å². The fourth-order valence-electron chi connectivity index (χ4n) is 3.06. The molecule has 1 aromatic heterocycles. The molecule has 0 radical (unpaired) electrons. The van der Waals surface area contributed by atoms with Crippen LogP contribution in [-0.2, 0) is 11.2 Å². The number of aryl methyl sites for hydroxylation is 1. The van der Waals surface area contributed by atoms with Crippen LogP contribution in [0.5, 0.6) is 11.5 Å². The molecule has 1 unspecified atom stereocenters. The summed E-state index contributed by atoms with van der Waals surface area (Å²) >= 11 is 0. The molecule has 0 aliphatic carbocycles. The lowest BCUT2D eigenvalue weighted by atomic mass is 10.0. The first-order chi connectivity index (χ1) is 12.5. The molecule has 136 valence electrons. The van der Waals surface area contributed by atoms with E-state index in [1.807, 2.05) is 50.2 Å². The number of carbonyl (C=O) groups excluding carboxylic acids is 1. The van der Waals surface area contributed by atoms with E-state index in [0.717, 1.165) is 33.6 Å². The van der Waals surface area contributed by atoms with Crippen LogP contribution in [0, 0.1) is 6.92 Å². The molecule has 0 fully saturated rings. The Morgan fingerprint density at radius 2 is 1.96 bits per heavy atom. The van der Waals surface area contributed by atoms with Crippen molar-refractivity contribution >= 4 is 16.9 Å². The highest BCUT2D eigenvalue weighted by molar-refractivity contribution is 5.88. The molecule has 26 heavy (non-hydrogen) atoms. The van der Waals surface area contributed by atoms with Gasteiger partial charge in [0.2, 0.25) is 5.91 Å². The number of rotatable bonds is 6. The maximum Gasteiger partial charge on any atom is 0.225 e. The summed E-state index contributed by atoms with van der Waals surface area (Å²) in [6.45, 7) is 3.97. The van der Waals surface area contributed by atoms with E-state index in [4.69, 9.17) is 13.9 Å². The Kier molecular flexibility index (Phi) is 5.16. The summed E-state index contributed by atoms with van der Waals surface area (Å²) in [4.78, 5) is 12.5. The predicted octanol–water partition coefficient (Wildman–Crippen LogP) is 4.18. The van der Waals surface area contributed by atoms with Crippen LogP contribution < -0.4 is 14.8 Å². The van der Waals surface area contributed by atoms with Crippen molar-refractivity contribution < 1.29 is 18.7 Å². The molecule has 3 rings (SSSR count). The molecule has 1 amide bonds. The van der Waals surface area contributed by atoms with Crippen molar-refractivity contribution in [1.29, 1.82) is 0 Å². The van der Waals surface area contributed by atoms with Crippen molar-refractivity contribution in [3.8, 4) is 11.5 Å². The second kappa shape index (κ2) is 7.52. The number of amides is 1. The second-order valence-corrected chi connectivity index (χ2v) is 6.33. The molecule has 0 aliphatic rings. The smallest absolute Gasteiger partial charge is 0.225 e. The topological polar surface area (TPSA) is 60.7 Å². The highest BCUT2D eigenvalue weighted by Crippen LogP contribution is 2.28. The van der Waals surface area contributed by atoms with E-state index >= 15 is 0 Å². The van der Waals surface area contributed by atoms with Crippen molar-refractivity contribution in [1.82, 2.24) is 5.32 Å². The molecule has 1 N–H and O–H groups in total. The third-order valence-electron chi connectivity index (χ3n) is 4.44. The van der Waals surface area contributed by atoms with Gasteiger partial charge in [0.25, 0.3) is 0 Å². The fraction of sp³-hybridized carbons (Fsp3) is 0.286. The van der Waals surface area contributed by atoms with Gasteiger partial charge in [-0.05, 0) is 32.0 Å². The number of furan rings is 1. The third kappa shape index (κ3) is 3.67. The van der Waals surface area contributed by atoms with Crippen LogP contribution in [-0.4, -0.2) is 20.1 Å². The summed E-state index contributed by atoms with van der Waals surface area (Å²) in [5.74, 6) is 1.42. The van der Waals surface area contributed by atoms with Crippen LogP contribution in [0.2, 0.25) is 0 Å². The minimum Gasteiger partial charge on any atom is -0.497 e. The minimum atomic E-state index is -0.157. The third-order valence-corrected chi connectivity index (χ3v) is 4.44. The zero-order valence-electron chi connectivity index (χ0n) is 15.5. The fourth-order valence-corrected chi connectivity index (χ4v) is 3.06. The van der Waals surface area contributed by atoms with Crippen LogP contribution >= 0.6 is 0 Å². The molecule has 0 aliphatic heterocycles. The zero-order chi connectivity index (χ0) is 18.7. The lowest BCUT2D eigenvalue weighted by Crippen LogP contribution is -2.28. The Hall–Kier alpha value is -2.95. The van der Waals surface area contributed by atoms with Gasteiger partial charge in [0.05, 0.1) is 32.9 Å². The first kappa shape index (κ1) is 17.9. The van der Waals surface area contributed by atoms with Crippen molar-refractivity contribution in [3.63, 3.8) is 0 Å². The van der Waals surface area contributed by atoms with Gasteiger partial charge in [-0.3, -0.25) is 4.79 Å². The van der Waals surface area contributed by atoms with Gasteiger partial charge in [0, 0.05) is 22.6 Å². The Balaban J connectivity index is 1.74. The summed E-state index contributed by atoms with van der Waals surface area (Å²) in [6, 6.07) is 11.4. The number of benzene rings is 2. The lowest BCUT2D eigenvalue weighted by molar-refractivity contribution is -0.121. The largest absolute Gasteiger partial charge is 0.497 e. The van der Waals surface area contributed by atoms with E-state index in [0.29, 0.717) is 5.58 Å². The molecule has 0 saturated carbocycles. The summed E-state index contributed by atoms with van der Waals surface area (Å²) < 4.78 is 16.2. The van der Waals surface area contributed by atoms with Crippen molar-refractivity contribution in [3.05, 3.63) is 59.4 Å². The van der Waals surface area contributed by atoms with Crippen molar-refractivity contribution in [2.24, 2.45) is 0 Å². The molecule has 3 aromatic rings. The van der Waals surface area contributed by atoms with Gasteiger partial charge in [-0.2, -0.15) is 0 Å². The highest BCUT2D eigenvalue weighted by Gasteiger charge is 2.16. The van der Waals surface area contributed by atoms with Crippen LogP contribution in [0.3, 0.4) is 0 Å². The first-order valence-electron chi connectivity index (χ1n) is 8.50. The zero-order valence-corrected chi connectivity index (χ0v) is 15.5. The predicted molar refractivity (Wildman–Crippen MR) is 101 cm³/mol. The van der Waals surface area contributed by atoms with Crippen molar-refractivity contribution in [2.75, 3.05) is 14.2 Å². The molecule has 1 atom stereocenters. The number of hydrogen-bond donors (Lipinski definition) is 1. The molecule has 5 nitrogen and oxygen atoms in total. The monoisotopic (exact) mass is 353 g/mol. The molecule has 0 spiro atoms. The van der Waals surface area contributed by atoms with Gasteiger partial charge in [-0.25, -0.2) is 0 Å². The minimum absolute atomic E-state index is 0.0698. The Morgan fingerprint density at radius 1 is 1.15 bits per heavy atom. The quantitative estimate of drug-likeness (QED) is 0.722. The number of hydrogen-bond acceptors (Lipinski definition) is 4. The Labute approximate surface area is 152 Å². The van der Waals surface area contributed by atoms with Gasteiger partial charge in [0.1, 0.15) is 17.1 Å². The lowest BCUT2D eigenvalue weighted by Gasteiger charge is -2.18. The van der Waals surface area contributed by atoms with Crippen LogP contribution in [0.1, 0.15) is 29.7 Å². The maximum absolute atomic E-state index is 12.5. The number of methoxy groups -OCH3 is 2. The highest BCUT2D eigenvalue weighted by atomic mass is 16.5. The van der Waals surface area contributed by atoms with Crippen molar-refractivity contribution in [2.45, 2.75) is 26.3 Å². The summed E-state index contributed by atoms with van der Waals surface area (Å²) in [5.41, 5.74) is 3.64. The van der Waals surface area contributed by atoms with E-state index in [2.05, 4.69) is 5.32 Å². The summed E-state index contributed by atoms with van der Waals surface area (Å²) in [6.07, 6.45) is 1.87. The van der Waals surface area contributed by atoms with Gasteiger partial charge >= 0.3 is 0 Å². The van der Waals surface area contributed by atoms with Crippen LogP contribution in [0.4, 0.5) is 0 Å². The SMILES string of the molecule is COc1ccc2c(CC(=O)NC(C)c3cc(C)ccc3OC)coc2c1. The summed E-state index contributed by atoms with van der Waals surface area (Å²) in [5, 5.41) is 3.96. The molecular formula is C21H23NO4. The van der Waals surface area contributed by atoms with Gasteiger partial charge in [0.15, 0.2) is 0 Å². The number of ether oxygens (including phenoxy) is 2. The number of carbonyl (C=O) groups is 1. The standard InChI is InChI=1S/C21H23NO4/c1-13-5-8-19(25-4)18(9-13)14(2)22-21(23)10-15-12-26-20-11-16(24-3)6-7-17(15)20/h5-9,11-12,14H,10H2,1-4H3,(H,22,23). The van der Waals surface area contributed by atoms with E-state index in [9.17, 15) is 4.79 Å². The Morgan fingerprint density at radius 3 is 2.69 bits per heavy atom. The van der Waals surface area contributed by atoms with Gasteiger partial charge in [-0.1, -0.05) is 17.7 Å². The molecule has 0 bridgehead atoms. The second-order valence-electron chi connectivity index (χ2n) is 6.33. The average molecular weight is 353 g/mol. The molecule has 1 heterocycles. The normalized spacial score (nSPS) is 12.0. The Bertz CT molecular complexity index is 929. The molecule has 0 saturated heterocycles. The van der Waals surface area contributed by atoms with E-state index in [1.165, 1.54) is 0 Å². The van der Waals surface area contributed by atoms with Gasteiger partial charge in [-0.15, -0.1) is 0 Å². The van der Waals surface area contributed by atoms with E-state index in [1.54, 1.807) is 20.5 Å². The number of nitrogens with one attached hydrogen (secondary N) is 1. The molecule has 5 heteroatoms. The van der Waals surface area contributed by atoms with E-state index < -0.39 is 0 Å². The summed E-state index contributed by atoms with van der Waals surface area (Å²) in [7, 11) is 3.24.